The molecule has 1 N–H and O–H groups in total. The van der Waals surface area contributed by atoms with E-state index in [1.54, 1.807) is 44.7 Å². The van der Waals surface area contributed by atoms with E-state index < -0.39 is 24.3 Å². The van der Waals surface area contributed by atoms with Gasteiger partial charge in [-0.25, -0.2) is 14.2 Å². The number of rotatable bonds is 7. The molecular weight excluding hydrogens is 411 g/mol. The van der Waals surface area contributed by atoms with Crippen molar-refractivity contribution in [3.8, 4) is 22.8 Å². The van der Waals surface area contributed by atoms with Crippen LogP contribution < -0.4 is 14.8 Å². The molecule has 0 saturated carbocycles. The van der Waals surface area contributed by atoms with E-state index in [4.69, 9.17) is 14.2 Å². The molecular formula is C21H19FN2O5S. The first-order valence-corrected chi connectivity index (χ1v) is 9.70. The monoisotopic (exact) mass is 430 g/mol. The molecule has 1 heterocycles. The Kier molecular flexibility index (Phi) is 6.63. The van der Waals surface area contributed by atoms with Crippen molar-refractivity contribution < 1.29 is 28.2 Å². The number of aromatic nitrogens is 1. The van der Waals surface area contributed by atoms with E-state index in [2.05, 4.69) is 10.3 Å². The van der Waals surface area contributed by atoms with Crippen molar-refractivity contribution >= 4 is 28.3 Å². The summed E-state index contributed by atoms with van der Waals surface area (Å²) in [4.78, 5) is 28.4. The first kappa shape index (κ1) is 21.3. The highest BCUT2D eigenvalue weighted by Crippen LogP contribution is 2.35. The van der Waals surface area contributed by atoms with Crippen molar-refractivity contribution in [2.45, 2.75) is 6.92 Å². The fraction of sp³-hybridized carbons (Fsp3) is 0.190. The van der Waals surface area contributed by atoms with Crippen LogP contribution in [0, 0.1) is 12.7 Å². The molecule has 0 bridgehead atoms. The van der Waals surface area contributed by atoms with Crippen molar-refractivity contribution in [3.05, 3.63) is 58.7 Å². The summed E-state index contributed by atoms with van der Waals surface area (Å²) in [5, 5.41) is 4.66. The standard InChI is InChI=1S/C21H19FN2O5S/c1-12-4-5-13(8-16(12)22)20(26)29-10-19(25)24-21-23-17(11-30-21)15-9-14(27-2)6-7-18(15)28-3/h4-9,11H,10H2,1-3H3,(H,23,24,25). The largest absolute Gasteiger partial charge is 0.497 e. The highest BCUT2D eigenvalue weighted by atomic mass is 32.1. The van der Waals surface area contributed by atoms with Crippen LogP contribution in [0.3, 0.4) is 0 Å². The lowest BCUT2D eigenvalue weighted by atomic mass is 10.1. The molecule has 0 unspecified atom stereocenters. The van der Waals surface area contributed by atoms with Gasteiger partial charge in [0.1, 0.15) is 17.3 Å². The van der Waals surface area contributed by atoms with Crippen LogP contribution in [-0.4, -0.2) is 37.7 Å². The minimum Gasteiger partial charge on any atom is -0.497 e. The number of carbonyl (C=O) groups is 2. The molecule has 3 rings (SSSR count). The molecule has 3 aromatic rings. The lowest BCUT2D eigenvalue weighted by Crippen LogP contribution is -2.21. The second-order valence-corrected chi connectivity index (χ2v) is 7.05. The average Bonchev–Trinajstić information content (AvgIpc) is 3.21. The van der Waals surface area contributed by atoms with Gasteiger partial charge in [0.25, 0.3) is 5.91 Å². The Bertz CT molecular complexity index is 1080. The van der Waals surface area contributed by atoms with Crippen molar-refractivity contribution in [2.24, 2.45) is 0 Å². The number of esters is 1. The number of amides is 1. The second-order valence-electron chi connectivity index (χ2n) is 6.19. The molecule has 0 aliphatic heterocycles. The quantitative estimate of drug-likeness (QED) is 0.569. The Morgan fingerprint density at radius 2 is 1.93 bits per heavy atom. The van der Waals surface area contributed by atoms with Crippen molar-refractivity contribution in [1.82, 2.24) is 4.98 Å². The molecule has 1 amide bonds. The van der Waals surface area contributed by atoms with Crippen LogP contribution >= 0.6 is 11.3 Å². The number of nitrogens with zero attached hydrogens (tertiary/aromatic N) is 1. The molecule has 156 valence electrons. The van der Waals surface area contributed by atoms with E-state index in [-0.39, 0.29) is 5.56 Å². The summed E-state index contributed by atoms with van der Waals surface area (Å²) in [6, 6.07) is 9.29. The van der Waals surface area contributed by atoms with Gasteiger partial charge in [-0.3, -0.25) is 10.1 Å². The second kappa shape index (κ2) is 9.36. The Labute approximate surface area is 176 Å². The SMILES string of the molecule is COc1ccc(OC)c(-c2csc(NC(=O)COC(=O)c3ccc(C)c(F)c3)n2)c1. The molecule has 0 atom stereocenters. The van der Waals surface area contributed by atoms with Gasteiger partial charge in [0.05, 0.1) is 25.5 Å². The van der Waals surface area contributed by atoms with Gasteiger partial charge in [-0.2, -0.15) is 0 Å². The fourth-order valence-corrected chi connectivity index (χ4v) is 3.29. The lowest BCUT2D eigenvalue weighted by molar-refractivity contribution is -0.119. The van der Waals surface area contributed by atoms with Gasteiger partial charge in [0, 0.05) is 10.9 Å². The predicted octanol–water partition coefficient (Wildman–Crippen LogP) is 4.07. The Morgan fingerprint density at radius 3 is 2.63 bits per heavy atom. The van der Waals surface area contributed by atoms with Gasteiger partial charge < -0.3 is 14.2 Å². The first-order valence-electron chi connectivity index (χ1n) is 8.82. The number of aryl methyl sites for hydroxylation is 1. The molecule has 30 heavy (non-hydrogen) atoms. The minimum atomic E-state index is -0.787. The maximum atomic E-state index is 13.6. The molecule has 2 aromatic carbocycles. The van der Waals surface area contributed by atoms with Crippen molar-refractivity contribution in [2.75, 3.05) is 26.1 Å². The molecule has 0 spiro atoms. The molecule has 0 aliphatic carbocycles. The number of nitrogens with one attached hydrogen (secondary N) is 1. The predicted molar refractivity (Wildman–Crippen MR) is 111 cm³/mol. The zero-order chi connectivity index (χ0) is 21.7. The summed E-state index contributed by atoms with van der Waals surface area (Å²) >= 11 is 1.21. The lowest BCUT2D eigenvalue weighted by Gasteiger charge is -2.08. The van der Waals surface area contributed by atoms with Crippen molar-refractivity contribution in [3.63, 3.8) is 0 Å². The zero-order valence-corrected chi connectivity index (χ0v) is 17.3. The van der Waals surface area contributed by atoms with Crippen LogP contribution in [0.5, 0.6) is 11.5 Å². The number of hydrogen-bond acceptors (Lipinski definition) is 7. The van der Waals surface area contributed by atoms with Gasteiger partial charge in [-0.1, -0.05) is 6.07 Å². The number of ether oxygens (including phenoxy) is 3. The number of methoxy groups -OCH3 is 2. The molecule has 0 aliphatic rings. The van der Waals surface area contributed by atoms with Crippen LogP contribution in [0.4, 0.5) is 9.52 Å². The third kappa shape index (κ3) is 4.93. The number of carbonyl (C=O) groups excluding carboxylic acids is 2. The van der Waals surface area contributed by atoms with Gasteiger partial charge in [0.15, 0.2) is 11.7 Å². The van der Waals surface area contributed by atoms with Gasteiger partial charge in [0.2, 0.25) is 0 Å². The molecule has 0 fully saturated rings. The number of benzene rings is 2. The van der Waals surface area contributed by atoms with Gasteiger partial charge in [-0.15, -0.1) is 11.3 Å². The van der Waals surface area contributed by atoms with Gasteiger partial charge >= 0.3 is 5.97 Å². The van der Waals surface area contributed by atoms with E-state index >= 15 is 0 Å². The van der Waals surface area contributed by atoms with Crippen LogP contribution in [0.25, 0.3) is 11.3 Å². The van der Waals surface area contributed by atoms with Crippen LogP contribution in [0.15, 0.2) is 41.8 Å². The third-order valence-corrected chi connectivity index (χ3v) is 4.93. The molecule has 0 radical (unpaired) electrons. The third-order valence-electron chi connectivity index (χ3n) is 4.18. The summed E-state index contributed by atoms with van der Waals surface area (Å²) in [5.41, 5.74) is 1.75. The zero-order valence-electron chi connectivity index (χ0n) is 16.5. The van der Waals surface area contributed by atoms with E-state index in [0.717, 1.165) is 6.07 Å². The first-order chi connectivity index (χ1) is 14.4. The van der Waals surface area contributed by atoms with Crippen LogP contribution in [0.1, 0.15) is 15.9 Å². The number of hydrogen-bond donors (Lipinski definition) is 1. The van der Waals surface area contributed by atoms with E-state index in [0.29, 0.717) is 33.5 Å². The molecule has 7 nitrogen and oxygen atoms in total. The summed E-state index contributed by atoms with van der Waals surface area (Å²) in [6.45, 7) is 1.06. The van der Waals surface area contributed by atoms with E-state index in [1.165, 1.54) is 23.5 Å². The maximum absolute atomic E-state index is 13.6. The van der Waals surface area contributed by atoms with Gasteiger partial charge in [-0.05, 0) is 42.8 Å². The Balaban J connectivity index is 1.62. The smallest absolute Gasteiger partial charge is 0.338 e. The van der Waals surface area contributed by atoms with E-state index in [1.807, 2.05) is 0 Å². The molecule has 0 saturated heterocycles. The minimum absolute atomic E-state index is 0.0348. The Hall–Kier alpha value is -3.46. The van der Waals surface area contributed by atoms with Crippen LogP contribution in [0.2, 0.25) is 0 Å². The Morgan fingerprint density at radius 1 is 1.13 bits per heavy atom. The summed E-state index contributed by atoms with van der Waals surface area (Å²) < 4.78 is 29.1. The molecule has 1 aromatic heterocycles. The highest BCUT2D eigenvalue weighted by Gasteiger charge is 2.15. The summed E-state index contributed by atoms with van der Waals surface area (Å²) in [7, 11) is 3.11. The topological polar surface area (TPSA) is 86.8 Å². The average molecular weight is 430 g/mol. The number of anilines is 1. The van der Waals surface area contributed by atoms with E-state index in [9.17, 15) is 14.0 Å². The molecule has 9 heteroatoms. The summed E-state index contributed by atoms with van der Waals surface area (Å²) in [5.74, 6) is -0.612. The number of halogens is 1. The maximum Gasteiger partial charge on any atom is 0.338 e. The fourth-order valence-electron chi connectivity index (χ4n) is 2.56. The normalized spacial score (nSPS) is 10.4. The highest BCUT2D eigenvalue weighted by molar-refractivity contribution is 7.14. The van der Waals surface area contributed by atoms with Crippen LogP contribution in [-0.2, 0) is 9.53 Å². The summed E-state index contributed by atoms with van der Waals surface area (Å²) in [6.07, 6.45) is 0. The number of thiazole rings is 1. The van der Waals surface area contributed by atoms with Crippen molar-refractivity contribution in [1.29, 1.82) is 0 Å².